The largest absolute Gasteiger partial charge is 0.454 e. The number of ether oxygens (including phenoxy) is 2. The van der Waals surface area contributed by atoms with Crippen molar-refractivity contribution in [1.29, 1.82) is 0 Å². The van der Waals surface area contributed by atoms with Crippen LogP contribution in [0.3, 0.4) is 0 Å². The van der Waals surface area contributed by atoms with E-state index in [9.17, 15) is 18.0 Å². The molecule has 0 saturated carbocycles. The summed E-state index contributed by atoms with van der Waals surface area (Å²) in [7, 11) is -3.86. The first kappa shape index (κ1) is 27.6. The molecule has 11 heteroatoms. The van der Waals surface area contributed by atoms with Crippen LogP contribution in [-0.4, -0.2) is 56.8 Å². The van der Waals surface area contributed by atoms with E-state index in [2.05, 4.69) is 5.32 Å². The highest BCUT2D eigenvalue weighted by Crippen LogP contribution is 2.36. The Morgan fingerprint density at radius 1 is 1.08 bits per heavy atom. The zero-order valence-corrected chi connectivity index (χ0v) is 22.4. The first-order chi connectivity index (χ1) is 17.0. The second-order valence-electron chi connectivity index (χ2n) is 8.66. The third kappa shape index (κ3) is 6.61. The van der Waals surface area contributed by atoms with Crippen LogP contribution < -0.4 is 19.1 Å². The molecule has 0 aromatic heterocycles. The van der Waals surface area contributed by atoms with Crippen LogP contribution in [0.1, 0.15) is 39.2 Å². The van der Waals surface area contributed by atoms with Crippen molar-refractivity contribution in [1.82, 2.24) is 10.2 Å². The molecule has 0 saturated heterocycles. The Kier molecular flexibility index (Phi) is 9.08. The number of benzene rings is 2. The molecule has 1 aliphatic rings. The van der Waals surface area contributed by atoms with Gasteiger partial charge >= 0.3 is 0 Å². The Bertz CT molecular complexity index is 1210. The molecule has 0 radical (unpaired) electrons. The summed E-state index contributed by atoms with van der Waals surface area (Å²) in [4.78, 5) is 28.3. The Labute approximate surface area is 217 Å². The van der Waals surface area contributed by atoms with Crippen molar-refractivity contribution in [2.45, 2.75) is 52.2 Å². The van der Waals surface area contributed by atoms with Gasteiger partial charge in [0.2, 0.25) is 28.6 Å². The molecule has 2 aromatic carbocycles. The van der Waals surface area contributed by atoms with Gasteiger partial charge in [-0.1, -0.05) is 43.6 Å². The lowest BCUT2D eigenvalue weighted by Gasteiger charge is -2.33. The maximum absolute atomic E-state index is 13.7. The van der Waals surface area contributed by atoms with Gasteiger partial charge < -0.3 is 19.7 Å². The van der Waals surface area contributed by atoms with Crippen LogP contribution in [0.2, 0.25) is 5.02 Å². The van der Waals surface area contributed by atoms with E-state index < -0.39 is 28.5 Å². The molecule has 36 heavy (non-hydrogen) atoms. The van der Waals surface area contributed by atoms with Gasteiger partial charge in [-0.15, -0.1) is 0 Å². The SMILES string of the molecule is CC[C@@H](C)NC(=O)[C@@H](CC)N(Cc1ccccc1Cl)C(=O)CN(c1ccc2c(c1)OCO2)S(C)(=O)=O. The molecule has 1 heterocycles. The van der Waals surface area contributed by atoms with Crippen molar-refractivity contribution in [3.05, 3.63) is 53.1 Å². The Hall–Kier alpha value is -2.98. The minimum Gasteiger partial charge on any atom is -0.454 e. The number of halogens is 1. The van der Waals surface area contributed by atoms with Gasteiger partial charge in [-0.25, -0.2) is 8.42 Å². The fourth-order valence-electron chi connectivity index (χ4n) is 3.82. The zero-order chi connectivity index (χ0) is 26.5. The van der Waals surface area contributed by atoms with Gasteiger partial charge in [0, 0.05) is 23.7 Å². The molecule has 2 amide bonds. The van der Waals surface area contributed by atoms with Crippen LogP contribution in [0.25, 0.3) is 0 Å². The average molecular weight is 538 g/mol. The molecular weight excluding hydrogens is 506 g/mol. The number of hydrogen-bond acceptors (Lipinski definition) is 6. The van der Waals surface area contributed by atoms with Gasteiger partial charge in [0.05, 0.1) is 11.9 Å². The summed E-state index contributed by atoms with van der Waals surface area (Å²) in [5, 5.41) is 3.38. The van der Waals surface area contributed by atoms with Crippen molar-refractivity contribution in [2.24, 2.45) is 0 Å². The average Bonchev–Trinajstić information content (AvgIpc) is 3.30. The molecule has 0 fully saturated rings. The molecule has 9 nitrogen and oxygen atoms in total. The number of anilines is 1. The first-order valence-corrected chi connectivity index (χ1v) is 14.0. The molecule has 0 unspecified atom stereocenters. The van der Waals surface area contributed by atoms with Crippen LogP contribution in [0, 0.1) is 0 Å². The van der Waals surface area contributed by atoms with Crippen molar-refractivity contribution >= 4 is 39.1 Å². The highest BCUT2D eigenvalue weighted by Gasteiger charge is 2.33. The van der Waals surface area contributed by atoms with Crippen LogP contribution >= 0.6 is 11.6 Å². The quantitative estimate of drug-likeness (QED) is 0.470. The van der Waals surface area contributed by atoms with Gasteiger partial charge in [0.1, 0.15) is 12.6 Å². The van der Waals surface area contributed by atoms with Gasteiger partial charge in [0.25, 0.3) is 0 Å². The van der Waals surface area contributed by atoms with Gasteiger partial charge in [0.15, 0.2) is 11.5 Å². The number of hydrogen-bond donors (Lipinski definition) is 1. The minimum atomic E-state index is -3.86. The van der Waals surface area contributed by atoms with E-state index in [1.807, 2.05) is 13.8 Å². The predicted molar refractivity (Wildman–Crippen MR) is 139 cm³/mol. The number of fused-ring (bicyclic) bond motifs is 1. The lowest BCUT2D eigenvalue weighted by atomic mass is 10.1. The number of nitrogens with one attached hydrogen (secondary N) is 1. The Morgan fingerprint density at radius 3 is 2.42 bits per heavy atom. The number of carbonyl (C=O) groups excluding carboxylic acids is 2. The van der Waals surface area contributed by atoms with Crippen molar-refractivity contribution in [3.63, 3.8) is 0 Å². The fourth-order valence-corrected chi connectivity index (χ4v) is 4.86. The summed E-state index contributed by atoms with van der Waals surface area (Å²) in [5.74, 6) is 0.0397. The molecule has 3 rings (SSSR count). The van der Waals surface area contributed by atoms with Crippen LogP contribution in [0.15, 0.2) is 42.5 Å². The third-order valence-corrected chi connectivity index (χ3v) is 7.52. The molecule has 196 valence electrons. The van der Waals surface area contributed by atoms with Crippen LogP contribution in [0.4, 0.5) is 5.69 Å². The third-order valence-electron chi connectivity index (χ3n) is 6.01. The van der Waals surface area contributed by atoms with E-state index in [1.165, 1.54) is 11.0 Å². The minimum absolute atomic E-state index is 0.0334. The van der Waals surface area contributed by atoms with Gasteiger partial charge in [-0.2, -0.15) is 0 Å². The number of carbonyl (C=O) groups is 2. The number of rotatable bonds is 11. The second-order valence-corrected chi connectivity index (χ2v) is 11.0. The Morgan fingerprint density at radius 2 is 1.78 bits per heavy atom. The number of amides is 2. The van der Waals surface area contributed by atoms with E-state index >= 15 is 0 Å². The normalized spacial score (nSPS) is 14.1. The molecule has 2 aromatic rings. The summed E-state index contributed by atoms with van der Waals surface area (Å²) in [6.07, 6.45) is 2.09. The van der Waals surface area contributed by atoms with Crippen molar-refractivity contribution in [2.75, 3.05) is 23.9 Å². The monoisotopic (exact) mass is 537 g/mol. The summed E-state index contributed by atoms with van der Waals surface area (Å²) < 4.78 is 37.2. The van der Waals surface area contributed by atoms with Crippen LogP contribution in [-0.2, 0) is 26.2 Å². The first-order valence-electron chi connectivity index (χ1n) is 11.8. The topological polar surface area (TPSA) is 105 Å². The van der Waals surface area contributed by atoms with E-state index in [4.69, 9.17) is 21.1 Å². The molecule has 2 atom stereocenters. The molecule has 1 N–H and O–H groups in total. The van der Waals surface area contributed by atoms with E-state index in [0.29, 0.717) is 28.5 Å². The van der Waals surface area contributed by atoms with Gasteiger partial charge in [-0.05, 0) is 43.5 Å². The molecule has 0 spiro atoms. The molecule has 0 bridgehead atoms. The maximum Gasteiger partial charge on any atom is 0.244 e. The summed E-state index contributed by atoms with van der Waals surface area (Å²) in [5.41, 5.74) is 0.904. The molecular formula is C25H32ClN3O6S. The lowest BCUT2D eigenvalue weighted by Crippen LogP contribution is -2.53. The summed E-state index contributed by atoms with van der Waals surface area (Å²) in [6.45, 7) is 5.22. The smallest absolute Gasteiger partial charge is 0.244 e. The highest BCUT2D eigenvalue weighted by atomic mass is 35.5. The second kappa shape index (κ2) is 11.8. The van der Waals surface area contributed by atoms with Crippen molar-refractivity contribution in [3.8, 4) is 11.5 Å². The van der Waals surface area contributed by atoms with E-state index in [1.54, 1.807) is 43.3 Å². The fraction of sp³-hybridized carbons (Fsp3) is 0.440. The van der Waals surface area contributed by atoms with Gasteiger partial charge in [-0.3, -0.25) is 13.9 Å². The summed E-state index contributed by atoms with van der Waals surface area (Å²) in [6, 6.07) is 10.8. The van der Waals surface area contributed by atoms with Crippen molar-refractivity contribution < 1.29 is 27.5 Å². The predicted octanol–water partition coefficient (Wildman–Crippen LogP) is 3.56. The lowest BCUT2D eigenvalue weighted by molar-refractivity contribution is -0.140. The maximum atomic E-state index is 13.7. The molecule has 0 aliphatic carbocycles. The van der Waals surface area contributed by atoms with E-state index in [0.717, 1.165) is 17.0 Å². The number of nitrogens with zero attached hydrogens (tertiary/aromatic N) is 2. The Balaban J connectivity index is 1.96. The van der Waals surface area contributed by atoms with E-state index in [-0.39, 0.29) is 31.0 Å². The number of sulfonamides is 1. The molecule has 1 aliphatic heterocycles. The highest BCUT2D eigenvalue weighted by molar-refractivity contribution is 7.92. The zero-order valence-electron chi connectivity index (χ0n) is 20.9. The standard InChI is InChI=1S/C25H32ClN3O6S/c1-5-17(3)27-25(31)21(6-2)28(14-18-9-7-8-10-20(18)26)24(30)15-29(36(4,32)33)19-11-12-22-23(13-19)35-16-34-22/h7-13,17,21H,5-6,14-16H2,1-4H3,(H,27,31)/t17-,21-/m1/s1. The van der Waals surface area contributed by atoms with Crippen LogP contribution in [0.5, 0.6) is 11.5 Å². The summed E-state index contributed by atoms with van der Waals surface area (Å²) >= 11 is 6.37.